The van der Waals surface area contributed by atoms with E-state index >= 15 is 0 Å². The lowest BCUT2D eigenvalue weighted by Crippen LogP contribution is -2.39. The van der Waals surface area contributed by atoms with Crippen molar-refractivity contribution in [3.8, 4) is 0 Å². The summed E-state index contributed by atoms with van der Waals surface area (Å²) in [5, 5.41) is 6.41. The molecule has 1 aromatic heterocycles. The van der Waals surface area contributed by atoms with Crippen LogP contribution < -0.4 is 10.6 Å². The molecule has 0 bridgehead atoms. The first-order valence-corrected chi connectivity index (χ1v) is 13.5. The van der Waals surface area contributed by atoms with Crippen molar-refractivity contribution in [1.82, 2.24) is 15.3 Å². The summed E-state index contributed by atoms with van der Waals surface area (Å²) in [7, 11) is 0. The number of aromatic amines is 1. The Hall–Kier alpha value is -3.15. The second-order valence-corrected chi connectivity index (χ2v) is 11.1. The maximum Gasteiger partial charge on any atom is 0.251 e. The number of aryl methyl sites for hydroxylation is 1. The lowest BCUT2D eigenvalue weighted by Gasteiger charge is -2.36. The fourth-order valence-corrected chi connectivity index (χ4v) is 6.40. The molecule has 2 saturated carbocycles. The predicted molar refractivity (Wildman–Crippen MR) is 142 cm³/mol. The highest BCUT2D eigenvalue weighted by atomic mass is 19.1. The van der Waals surface area contributed by atoms with E-state index in [9.17, 15) is 9.18 Å². The normalized spacial score (nSPS) is 24.6. The van der Waals surface area contributed by atoms with Crippen LogP contribution in [0.25, 0.3) is 11.0 Å². The number of hydrogen-bond donors (Lipinski definition) is 3. The van der Waals surface area contributed by atoms with Crippen LogP contribution in [-0.2, 0) is 0 Å². The first-order chi connectivity index (χ1) is 17.5. The molecule has 2 fully saturated rings. The van der Waals surface area contributed by atoms with Crippen molar-refractivity contribution < 1.29 is 9.18 Å². The molecule has 0 saturated heterocycles. The molecule has 3 aromatic rings. The van der Waals surface area contributed by atoms with E-state index in [0.717, 1.165) is 72.2 Å². The van der Waals surface area contributed by atoms with E-state index in [1.165, 1.54) is 12.5 Å². The van der Waals surface area contributed by atoms with Gasteiger partial charge < -0.3 is 15.6 Å². The quantitative estimate of drug-likeness (QED) is 0.366. The molecule has 5 nitrogen and oxygen atoms in total. The second kappa shape index (κ2) is 9.38. The zero-order valence-corrected chi connectivity index (χ0v) is 21.1. The van der Waals surface area contributed by atoms with E-state index in [0.29, 0.717) is 29.4 Å². The minimum Gasteiger partial charge on any atom is -0.362 e. The largest absolute Gasteiger partial charge is 0.362 e. The number of fused-ring (bicyclic) bond motifs is 2. The van der Waals surface area contributed by atoms with Gasteiger partial charge in [-0.25, -0.2) is 9.37 Å². The maximum atomic E-state index is 14.0. The van der Waals surface area contributed by atoms with Crippen LogP contribution in [0.3, 0.4) is 0 Å². The number of benzene rings is 2. The van der Waals surface area contributed by atoms with E-state index in [4.69, 9.17) is 4.98 Å². The van der Waals surface area contributed by atoms with Gasteiger partial charge in [-0.15, -0.1) is 0 Å². The number of carbonyl (C=O) groups excluding carboxylic acids is 1. The Morgan fingerprint density at radius 1 is 1.11 bits per heavy atom. The summed E-state index contributed by atoms with van der Waals surface area (Å²) in [6, 6.07) is 9.32. The van der Waals surface area contributed by atoms with Crippen molar-refractivity contribution in [2.45, 2.75) is 76.7 Å². The van der Waals surface area contributed by atoms with Crippen LogP contribution in [0.1, 0.15) is 91.0 Å². The molecule has 36 heavy (non-hydrogen) atoms. The number of amides is 1. The molecule has 2 atom stereocenters. The van der Waals surface area contributed by atoms with Crippen molar-refractivity contribution in [3.63, 3.8) is 0 Å². The predicted octanol–water partition coefficient (Wildman–Crippen LogP) is 6.93. The van der Waals surface area contributed by atoms with Crippen LogP contribution in [0, 0.1) is 24.6 Å². The molecular weight excluding hydrogens is 451 g/mol. The molecule has 1 unspecified atom stereocenters. The minimum absolute atomic E-state index is 0.0145. The number of nitrogens with one attached hydrogen (secondary N) is 3. The minimum atomic E-state index is -0.165. The summed E-state index contributed by atoms with van der Waals surface area (Å²) in [6.07, 6.45) is 12.1. The average Bonchev–Trinajstić information content (AvgIpc) is 3.30. The van der Waals surface area contributed by atoms with Gasteiger partial charge in [-0.3, -0.25) is 4.79 Å². The number of allylic oxidation sites excluding steroid dienone is 1. The molecule has 2 heterocycles. The van der Waals surface area contributed by atoms with Crippen LogP contribution in [0.4, 0.5) is 10.1 Å². The SMILES string of the molecule is Cc1cc(C(=O)NC2CCC2)cc2[nH]c([C@@H](C)C3CCC(C4C=CNc5ccc(F)cc54)CC3)nc12. The Kier molecular flexibility index (Phi) is 6.06. The highest BCUT2D eigenvalue weighted by Gasteiger charge is 2.33. The summed E-state index contributed by atoms with van der Waals surface area (Å²) >= 11 is 0. The Bertz CT molecular complexity index is 1320. The van der Waals surface area contributed by atoms with E-state index in [2.05, 4.69) is 28.6 Å². The number of imidazole rings is 1. The molecule has 2 aromatic carbocycles. The van der Waals surface area contributed by atoms with Crippen LogP contribution >= 0.6 is 0 Å². The molecule has 3 aliphatic rings. The fourth-order valence-electron chi connectivity index (χ4n) is 6.40. The zero-order chi connectivity index (χ0) is 24.8. The molecule has 3 N–H and O–H groups in total. The number of H-pyrrole nitrogens is 1. The van der Waals surface area contributed by atoms with Crippen molar-refractivity contribution in [2.24, 2.45) is 11.8 Å². The molecular formula is C30H35FN4O. The van der Waals surface area contributed by atoms with Crippen molar-refractivity contribution >= 4 is 22.6 Å². The van der Waals surface area contributed by atoms with Gasteiger partial charge >= 0.3 is 0 Å². The zero-order valence-electron chi connectivity index (χ0n) is 21.1. The maximum absolute atomic E-state index is 14.0. The van der Waals surface area contributed by atoms with E-state index in [-0.39, 0.29) is 17.6 Å². The monoisotopic (exact) mass is 486 g/mol. The standard InChI is InChI=1S/C30H35FN4O/c1-17-14-21(30(36)33-23-4-3-5-23)15-27-28(17)35-29(34-27)18(2)19-6-8-20(9-7-19)24-12-13-32-26-11-10-22(31)16-25(24)26/h10-16,18-20,23-24,32H,3-9H2,1-2H3,(H,33,36)(H,34,35)/t18-,19?,20?,24?/m0/s1. The highest BCUT2D eigenvalue weighted by molar-refractivity contribution is 5.98. The molecule has 0 spiro atoms. The molecule has 1 aliphatic heterocycles. The third kappa shape index (κ3) is 4.31. The van der Waals surface area contributed by atoms with E-state index in [1.807, 2.05) is 31.3 Å². The summed E-state index contributed by atoms with van der Waals surface area (Å²) in [5.74, 6) is 2.54. The number of hydrogen-bond acceptors (Lipinski definition) is 3. The van der Waals surface area contributed by atoms with Gasteiger partial charge in [0.05, 0.1) is 11.0 Å². The summed E-state index contributed by atoms with van der Waals surface area (Å²) in [5.41, 5.74) is 5.76. The molecule has 6 heteroatoms. The van der Waals surface area contributed by atoms with Crippen LogP contribution in [0.15, 0.2) is 42.6 Å². The second-order valence-electron chi connectivity index (χ2n) is 11.1. The van der Waals surface area contributed by atoms with Gasteiger partial charge in [-0.1, -0.05) is 13.0 Å². The Labute approximate surface area is 212 Å². The summed E-state index contributed by atoms with van der Waals surface area (Å²) < 4.78 is 14.0. The van der Waals surface area contributed by atoms with Crippen LogP contribution in [0.5, 0.6) is 0 Å². The smallest absolute Gasteiger partial charge is 0.251 e. The average molecular weight is 487 g/mol. The number of nitrogens with zero attached hydrogens (tertiary/aromatic N) is 1. The third-order valence-corrected chi connectivity index (χ3v) is 8.88. The molecule has 6 rings (SSSR count). The lowest BCUT2D eigenvalue weighted by molar-refractivity contribution is 0.0917. The van der Waals surface area contributed by atoms with Crippen LogP contribution in [0.2, 0.25) is 0 Å². The first kappa shape index (κ1) is 23.3. The lowest BCUT2D eigenvalue weighted by atomic mass is 9.70. The van der Waals surface area contributed by atoms with Gasteiger partial charge in [-0.05, 0) is 111 Å². The van der Waals surface area contributed by atoms with Crippen LogP contribution in [-0.4, -0.2) is 21.9 Å². The number of carbonyl (C=O) groups is 1. The number of anilines is 1. The van der Waals surface area contributed by atoms with E-state index < -0.39 is 0 Å². The van der Waals surface area contributed by atoms with Crippen molar-refractivity contribution in [2.75, 3.05) is 5.32 Å². The van der Waals surface area contributed by atoms with Gasteiger partial charge in [0, 0.05) is 29.1 Å². The van der Waals surface area contributed by atoms with Gasteiger partial charge in [0.2, 0.25) is 0 Å². The van der Waals surface area contributed by atoms with Gasteiger partial charge in [0.15, 0.2) is 0 Å². The Morgan fingerprint density at radius 2 is 1.92 bits per heavy atom. The molecule has 0 radical (unpaired) electrons. The van der Waals surface area contributed by atoms with Gasteiger partial charge in [0.1, 0.15) is 11.6 Å². The molecule has 1 amide bonds. The van der Waals surface area contributed by atoms with Crippen molar-refractivity contribution in [3.05, 3.63) is 70.9 Å². The highest BCUT2D eigenvalue weighted by Crippen LogP contribution is 2.45. The fraction of sp³-hybridized carbons (Fsp3) is 0.467. The molecule has 2 aliphatic carbocycles. The van der Waals surface area contributed by atoms with Crippen molar-refractivity contribution in [1.29, 1.82) is 0 Å². The van der Waals surface area contributed by atoms with E-state index in [1.54, 1.807) is 6.07 Å². The third-order valence-electron chi connectivity index (χ3n) is 8.88. The molecule has 188 valence electrons. The first-order valence-electron chi connectivity index (χ1n) is 13.5. The number of aromatic nitrogens is 2. The van der Waals surface area contributed by atoms with Gasteiger partial charge in [-0.2, -0.15) is 0 Å². The van der Waals surface area contributed by atoms with Gasteiger partial charge in [0.25, 0.3) is 5.91 Å². The number of halogens is 1. The summed E-state index contributed by atoms with van der Waals surface area (Å²) in [4.78, 5) is 21.2. The topological polar surface area (TPSA) is 69.8 Å². The number of rotatable bonds is 5. The Morgan fingerprint density at radius 3 is 2.67 bits per heavy atom. The summed E-state index contributed by atoms with van der Waals surface area (Å²) in [6.45, 7) is 4.31. The Balaban J connectivity index is 1.15.